The van der Waals surface area contributed by atoms with Crippen LogP contribution >= 0.6 is 0 Å². The fourth-order valence-electron chi connectivity index (χ4n) is 1.63. The number of cyclic esters (lactones) is 1. The van der Waals surface area contributed by atoms with Gasteiger partial charge in [0.1, 0.15) is 12.7 Å². The van der Waals surface area contributed by atoms with Crippen molar-refractivity contribution in [2.24, 2.45) is 0 Å². The molecule has 6 nitrogen and oxygen atoms in total. The van der Waals surface area contributed by atoms with Crippen molar-refractivity contribution in [2.75, 3.05) is 13.7 Å². The van der Waals surface area contributed by atoms with E-state index >= 15 is 0 Å². The summed E-state index contributed by atoms with van der Waals surface area (Å²) >= 11 is 0. The van der Waals surface area contributed by atoms with E-state index in [0.29, 0.717) is 0 Å². The van der Waals surface area contributed by atoms with Crippen molar-refractivity contribution in [3.63, 3.8) is 0 Å². The Bertz CT molecular complexity index is 629. The zero-order valence-electron chi connectivity index (χ0n) is 11.0. The molecule has 1 aromatic rings. The first-order chi connectivity index (χ1) is 9.42. The number of aryl methyl sites for hydroxylation is 1. The van der Waals surface area contributed by atoms with E-state index in [1.54, 1.807) is 12.1 Å². The number of esters is 1. The number of hydrogen-bond donors (Lipinski definition) is 0. The van der Waals surface area contributed by atoms with Crippen molar-refractivity contribution in [1.82, 2.24) is 0 Å². The highest BCUT2D eigenvalue weighted by Crippen LogP contribution is 2.18. The molecule has 0 fully saturated rings. The van der Waals surface area contributed by atoms with Gasteiger partial charge in [0.15, 0.2) is 0 Å². The maximum atomic E-state index is 11.9. The number of carbonyl (C=O) groups is 1. The molecule has 0 amide bonds. The Balaban J connectivity index is 2.02. The topological polar surface area (TPSA) is 78.9 Å². The largest absolute Gasteiger partial charge is 0.490 e. The molecule has 20 heavy (non-hydrogen) atoms. The van der Waals surface area contributed by atoms with E-state index in [2.05, 4.69) is 0 Å². The van der Waals surface area contributed by atoms with Gasteiger partial charge in [0.25, 0.3) is 10.1 Å². The summed E-state index contributed by atoms with van der Waals surface area (Å²) in [6, 6.07) is 6.27. The standard InChI is InChI=1S/C13H14O6S/c1-9-3-5-11(6-4-9)20(15,16)18-8-10-7-12(17-2)13(14)19-10/h3-7,10H,8H2,1-2H3. The van der Waals surface area contributed by atoms with Gasteiger partial charge in [-0.1, -0.05) is 17.7 Å². The maximum Gasteiger partial charge on any atom is 0.374 e. The number of carbonyl (C=O) groups excluding carboxylic acids is 1. The zero-order chi connectivity index (χ0) is 14.8. The number of methoxy groups -OCH3 is 1. The first-order valence-electron chi connectivity index (χ1n) is 5.85. The van der Waals surface area contributed by atoms with Crippen LogP contribution in [0.1, 0.15) is 5.56 Å². The summed E-state index contributed by atoms with van der Waals surface area (Å²) in [4.78, 5) is 11.3. The van der Waals surface area contributed by atoms with Crippen LogP contribution in [0.5, 0.6) is 0 Å². The van der Waals surface area contributed by atoms with Crippen LogP contribution in [0.15, 0.2) is 41.0 Å². The Kier molecular flexibility index (Phi) is 4.10. The Hall–Kier alpha value is -1.86. The minimum Gasteiger partial charge on any atom is -0.490 e. The van der Waals surface area contributed by atoms with Crippen molar-refractivity contribution >= 4 is 16.1 Å². The minimum atomic E-state index is -3.87. The van der Waals surface area contributed by atoms with Crippen LogP contribution < -0.4 is 0 Å². The smallest absolute Gasteiger partial charge is 0.374 e. The van der Waals surface area contributed by atoms with Crippen LogP contribution in [0.4, 0.5) is 0 Å². The SMILES string of the molecule is COC1=CC(COS(=O)(=O)c2ccc(C)cc2)OC1=O. The third-order valence-corrected chi connectivity index (χ3v) is 4.01. The molecule has 0 spiro atoms. The molecule has 0 N–H and O–H groups in total. The van der Waals surface area contributed by atoms with Crippen molar-refractivity contribution in [2.45, 2.75) is 17.9 Å². The van der Waals surface area contributed by atoms with Crippen LogP contribution in [0, 0.1) is 6.92 Å². The van der Waals surface area contributed by atoms with Crippen molar-refractivity contribution in [1.29, 1.82) is 0 Å². The van der Waals surface area contributed by atoms with E-state index in [9.17, 15) is 13.2 Å². The number of hydrogen-bond acceptors (Lipinski definition) is 6. The van der Waals surface area contributed by atoms with Crippen LogP contribution in [0.25, 0.3) is 0 Å². The number of benzene rings is 1. The minimum absolute atomic E-state index is 0.0475. The van der Waals surface area contributed by atoms with Gasteiger partial charge in [0, 0.05) is 6.08 Å². The van der Waals surface area contributed by atoms with Crippen LogP contribution in [-0.4, -0.2) is 34.2 Å². The second kappa shape index (κ2) is 5.64. The van der Waals surface area contributed by atoms with Crippen molar-refractivity contribution in [3.8, 4) is 0 Å². The van der Waals surface area contributed by atoms with E-state index < -0.39 is 22.2 Å². The second-order valence-electron chi connectivity index (χ2n) is 4.23. The van der Waals surface area contributed by atoms with Gasteiger partial charge >= 0.3 is 5.97 Å². The molecule has 1 aliphatic rings. The molecule has 1 aliphatic heterocycles. The summed E-state index contributed by atoms with van der Waals surface area (Å²) in [6.45, 7) is 1.57. The molecule has 0 aromatic heterocycles. The Morgan fingerprint density at radius 3 is 2.45 bits per heavy atom. The highest BCUT2D eigenvalue weighted by atomic mass is 32.2. The average Bonchev–Trinajstić information content (AvgIpc) is 2.78. The van der Waals surface area contributed by atoms with E-state index in [1.807, 2.05) is 6.92 Å². The fraction of sp³-hybridized carbons (Fsp3) is 0.308. The lowest BCUT2D eigenvalue weighted by Gasteiger charge is -2.09. The summed E-state index contributed by atoms with van der Waals surface area (Å²) < 4.78 is 38.3. The molecule has 0 saturated heterocycles. The number of ether oxygens (including phenoxy) is 2. The van der Waals surface area contributed by atoms with Gasteiger partial charge in [0.05, 0.1) is 12.0 Å². The molecule has 1 unspecified atom stereocenters. The second-order valence-corrected chi connectivity index (χ2v) is 5.85. The summed E-state index contributed by atoms with van der Waals surface area (Å²) in [6.07, 6.45) is 0.616. The molecule has 108 valence electrons. The highest BCUT2D eigenvalue weighted by Gasteiger charge is 2.28. The van der Waals surface area contributed by atoms with Gasteiger partial charge in [0.2, 0.25) is 5.76 Å². The molecule has 0 aliphatic carbocycles. The molecule has 2 rings (SSSR count). The molecular formula is C13H14O6S. The molecule has 1 aromatic carbocycles. The summed E-state index contributed by atoms with van der Waals surface area (Å²) in [5.74, 6) is -0.583. The van der Waals surface area contributed by atoms with Gasteiger partial charge < -0.3 is 9.47 Å². The lowest BCUT2D eigenvalue weighted by atomic mass is 10.2. The van der Waals surface area contributed by atoms with E-state index in [-0.39, 0.29) is 17.3 Å². The van der Waals surface area contributed by atoms with Crippen LogP contribution in [-0.2, 0) is 28.6 Å². The summed E-state index contributed by atoms with van der Waals surface area (Å²) in [5.41, 5.74) is 0.946. The molecular weight excluding hydrogens is 284 g/mol. The predicted octanol–water partition coefficient (Wildman–Crippen LogP) is 1.16. The van der Waals surface area contributed by atoms with Gasteiger partial charge in [-0.25, -0.2) is 4.79 Å². The third kappa shape index (κ3) is 3.17. The predicted molar refractivity (Wildman–Crippen MR) is 69.3 cm³/mol. The monoisotopic (exact) mass is 298 g/mol. The lowest BCUT2D eigenvalue weighted by molar-refractivity contribution is -0.143. The van der Waals surface area contributed by atoms with Gasteiger partial charge in [-0.2, -0.15) is 8.42 Å². The van der Waals surface area contributed by atoms with Crippen molar-refractivity contribution < 1.29 is 26.9 Å². The van der Waals surface area contributed by atoms with E-state index in [0.717, 1.165) is 5.56 Å². The van der Waals surface area contributed by atoms with Gasteiger partial charge in [-0.15, -0.1) is 0 Å². The Labute approximate surface area is 117 Å². The van der Waals surface area contributed by atoms with Gasteiger partial charge in [-0.3, -0.25) is 4.18 Å². The molecule has 0 radical (unpaired) electrons. The van der Waals surface area contributed by atoms with Crippen LogP contribution in [0.3, 0.4) is 0 Å². The first kappa shape index (κ1) is 14.5. The first-order valence-corrected chi connectivity index (χ1v) is 7.26. The molecule has 1 heterocycles. The Morgan fingerprint density at radius 1 is 1.25 bits per heavy atom. The normalized spacial score (nSPS) is 18.6. The average molecular weight is 298 g/mol. The fourth-order valence-corrected chi connectivity index (χ4v) is 2.55. The van der Waals surface area contributed by atoms with Crippen molar-refractivity contribution in [3.05, 3.63) is 41.7 Å². The highest BCUT2D eigenvalue weighted by molar-refractivity contribution is 7.86. The molecule has 1 atom stereocenters. The van der Waals surface area contributed by atoms with Crippen LogP contribution in [0.2, 0.25) is 0 Å². The lowest BCUT2D eigenvalue weighted by Crippen LogP contribution is -2.19. The van der Waals surface area contributed by atoms with E-state index in [4.69, 9.17) is 13.7 Å². The molecule has 7 heteroatoms. The Morgan fingerprint density at radius 2 is 1.90 bits per heavy atom. The summed E-state index contributed by atoms with van der Waals surface area (Å²) in [7, 11) is -2.53. The van der Waals surface area contributed by atoms with E-state index in [1.165, 1.54) is 25.3 Å². The summed E-state index contributed by atoms with van der Waals surface area (Å²) in [5, 5.41) is 0. The third-order valence-electron chi connectivity index (χ3n) is 2.71. The molecule has 0 saturated carbocycles. The van der Waals surface area contributed by atoms with Gasteiger partial charge in [-0.05, 0) is 19.1 Å². The number of rotatable bonds is 5. The maximum absolute atomic E-state index is 11.9. The zero-order valence-corrected chi connectivity index (χ0v) is 11.8. The molecule has 0 bridgehead atoms. The quantitative estimate of drug-likeness (QED) is 0.599.